The van der Waals surface area contributed by atoms with Gasteiger partial charge in [-0.1, -0.05) is 6.07 Å². The van der Waals surface area contributed by atoms with Crippen LogP contribution in [0.5, 0.6) is 5.75 Å². The normalized spacial score (nSPS) is 20.1. The molecule has 0 bridgehead atoms. The van der Waals surface area contributed by atoms with Crippen molar-refractivity contribution in [1.29, 1.82) is 0 Å². The van der Waals surface area contributed by atoms with Gasteiger partial charge in [0.05, 0.1) is 6.61 Å². The summed E-state index contributed by atoms with van der Waals surface area (Å²) in [5, 5.41) is 3.14. The van der Waals surface area contributed by atoms with Crippen LogP contribution in [0.2, 0.25) is 0 Å². The predicted molar refractivity (Wildman–Crippen MR) is 57.5 cm³/mol. The van der Waals surface area contributed by atoms with E-state index in [2.05, 4.69) is 5.32 Å². The van der Waals surface area contributed by atoms with E-state index in [1.807, 2.05) is 0 Å². The number of rotatable bonds is 3. The predicted octanol–water partition coefficient (Wildman–Crippen LogP) is 2.79. The van der Waals surface area contributed by atoms with Gasteiger partial charge in [-0.2, -0.15) is 4.39 Å². The minimum Gasteiger partial charge on any atom is -0.491 e. The first-order chi connectivity index (χ1) is 7.74. The van der Waals surface area contributed by atoms with Crippen LogP contribution in [0.25, 0.3) is 0 Å². The maximum Gasteiger partial charge on any atom is 0.200 e. The molecule has 1 N–H and O–H groups in total. The zero-order valence-electron chi connectivity index (χ0n) is 9.22. The van der Waals surface area contributed by atoms with E-state index in [1.54, 1.807) is 13.0 Å². The van der Waals surface area contributed by atoms with Crippen LogP contribution >= 0.6 is 0 Å². The quantitative estimate of drug-likeness (QED) is 0.857. The van der Waals surface area contributed by atoms with E-state index in [1.165, 1.54) is 6.07 Å². The number of benzene rings is 1. The van der Waals surface area contributed by atoms with Crippen molar-refractivity contribution in [2.24, 2.45) is 0 Å². The zero-order valence-corrected chi connectivity index (χ0v) is 9.22. The van der Waals surface area contributed by atoms with Crippen LogP contribution in [0.1, 0.15) is 31.4 Å². The average Bonchev–Trinajstić information content (AvgIpc) is 2.79. The molecule has 0 radical (unpaired) electrons. The number of hydrogen-bond acceptors (Lipinski definition) is 2. The first-order valence-electron chi connectivity index (χ1n) is 5.58. The van der Waals surface area contributed by atoms with E-state index in [4.69, 9.17) is 4.74 Å². The Labute approximate surface area is 93.6 Å². The Kier molecular flexibility index (Phi) is 3.39. The summed E-state index contributed by atoms with van der Waals surface area (Å²) in [5.74, 6) is -1.68. The average molecular weight is 227 g/mol. The molecule has 2 nitrogen and oxygen atoms in total. The summed E-state index contributed by atoms with van der Waals surface area (Å²) in [6.45, 7) is 2.93. The van der Waals surface area contributed by atoms with Gasteiger partial charge in [0.1, 0.15) is 0 Å². The van der Waals surface area contributed by atoms with E-state index >= 15 is 0 Å². The monoisotopic (exact) mass is 227 g/mol. The number of halogens is 2. The molecule has 1 heterocycles. The second kappa shape index (κ2) is 4.78. The Morgan fingerprint density at radius 2 is 2.19 bits per heavy atom. The summed E-state index contributed by atoms with van der Waals surface area (Å²) in [4.78, 5) is 0. The van der Waals surface area contributed by atoms with E-state index in [9.17, 15) is 8.78 Å². The van der Waals surface area contributed by atoms with Crippen LogP contribution in [0, 0.1) is 11.6 Å². The highest BCUT2D eigenvalue weighted by Gasteiger charge is 2.23. The molecule has 4 heteroatoms. The zero-order chi connectivity index (χ0) is 11.5. The molecule has 0 spiro atoms. The van der Waals surface area contributed by atoms with Crippen molar-refractivity contribution in [1.82, 2.24) is 5.32 Å². The molecule has 2 rings (SSSR count). The molecule has 1 aliphatic rings. The fraction of sp³-hybridized carbons (Fsp3) is 0.500. The fourth-order valence-electron chi connectivity index (χ4n) is 2.03. The second-order valence-corrected chi connectivity index (χ2v) is 3.86. The molecule has 1 aromatic carbocycles. The fourth-order valence-corrected chi connectivity index (χ4v) is 2.03. The van der Waals surface area contributed by atoms with Crippen molar-refractivity contribution in [3.05, 3.63) is 29.3 Å². The highest BCUT2D eigenvalue weighted by atomic mass is 19.2. The van der Waals surface area contributed by atoms with Gasteiger partial charge >= 0.3 is 0 Å². The van der Waals surface area contributed by atoms with Gasteiger partial charge in [0.15, 0.2) is 11.6 Å². The molecule has 0 amide bonds. The summed E-state index contributed by atoms with van der Waals surface area (Å²) in [7, 11) is 0. The van der Waals surface area contributed by atoms with Crippen LogP contribution in [0.3, 0.4) is 0 Å². The highest BCUT2D eigenvalue weighted by molar-refractivity contribution is 5.33. The van der Waals surface area contributed by atoms with Gasteiger partial charge in [0, 0.05) is 11.6 Å². The molecule has 0 aliphatic carbocycles. The number of ether oxygens (including phenoxy) is 1. The maximum absolute atomic E-state index is 13.7. The minimum atomic E-state index is -0.881. The molecule has 1 aliphatic heterocycles. The van der Waals surface area contributed by atoms with Crippen molar-refractivity contribution < 1.29 is 13.5 Å². The van der Waals surface area contributed by atoms with E-state index < -0.39 is 11.6 Å². The van der Waals surface area contributed by atoms with Crippen molar-refractivity contribution >= 4 is 0 Å². The molecule has 0 saturated carbocycles. The Morgan fingerprint density at radius 3 is 2.81 bits per heavy atom. The van der Waals surface area contributed by atoms with Crippen LogP contribution in [0.4, 0.5) is 8.78 Å². The molecule has 1 fully saturated rings. The van der Waals surface area contributed by atoms with Crippen molar-refractivity contribution in [3.8, 4) is 5.75 Å². The SMILES string of the molecule is CCOc1ccc(C2CCCN2)c(F)c1F. The largest absolute Gasteiger partial charge is 0.491 e. The molecular formula is C12H15F2NO. The Bertz CT molecular complexity index is 376. The maximum atomic E-state index is 13.7. The summed E-state index contributed by atoms with van der Waals surface area (Å²) >= 11 is 0. The van der Waals surface area contributed by atoms with Crippen molar-refractivity contribution in [2.45, 2.75) is 25.8 Å². The lowest BCUT2D eigenvalue weighted by atomic mass is 10.0. The van der Waals surface area contributed by atoms with Crippen LogP contribution < -0.4 is 10.1 Å². The first kappa shape index (κ1) is 11.3. The summed E-state index contributed by atoms with van der Waals surface area (Å²) < 4.78 is 32.3. The Hall–Kier alpha value is -1.16. The van der Waals surface area contributed by atoms with Gasteiger partial charge in [-0.05, 0) is 32.4 Å². The molecule has 1 atom stereocenters. The van der Waals surface area contributed by atoms with Crippen molar-refractivity contribution in [2.75, 3.05) is 13.2 Å². The standard InChI is InChI=1S/C12H15F2NO/c1-2-16-10-6-5-8(11(13)12(10)14)9-4-3-7-15-9/h5-6,9,15H,2-4,7H2,1H3. The Morgan fingerprint density at radius 1 is 1.38 bits per heavy atom. The van der Waals surface area contributed by atoms with Crippen molar-refractivity contribution in [3.63, 3.8) is 0 Å². The lowest BCUT2D eigenvalue weighted by molar-refractivity contribution is 0.312. The third-order valence-electron chi connectivity index (χ3n) is 2.81. The second-order valence-electron chi connectivity index (χ2n) is 3.86. The van der Waals surface area contributed by atoms with Crippen LogP contribution in [0.15, 0.2) is 12.1 Å². The highest BCUT2D eigenvalue weighted by Crippen LogP contribution is 2.30. The number of nitrogens with one attached hydrogen (secondary N) is 1. The molecule has 88 valence electrons. The van der Waals surface area contributed by atoms with Gasteiger partial charge < -0.3 is 10.1 Å². The summed E-state index contributed by atoms with van der Waals surface area (Å²) in [6, 6.07) is 3.04. The van der Waals surface area contributed by atoms with Crippen LogP contribution in [-0.2, 0) is 0 Å². The lowest BCUT2D eigenvalue weighted by Gasteiger charge is -2.14. The first-order valence-corrected chi connectivity index (χ1v) is 5.58. The van der Waals surface area contributed by atoms with Gasteiger partial charge in [-0.3, -0.25) is 0 Å². The van der Waals surface area contributed by atoms with Crippen LogP contribution in [-0.4, -0.2) is 13.2 Å². The molecule has 0 aromatic heterocycles. The third-order valence-corrected chi connectivity index (χ3v) is 2.81. The Balaban J connectivity index is 2.30. The third kappa shape index (κ3) is 2.02. The van der Waals surface area contributed by atoms with E-state index in [0.29, 0.717) is 12.2 Å². The topological polar surface area (TPSA) is 21.3 Å². The van der Waals surface area contributed by atoms with Gasteiger partial charge in [0.25, 0.3) is 0 Å². The lowest BCUT2D eigenvalue weighted by Crippen LogP contribution is -2.15. The smallest absolute Gasteiger partial charge is 0.200 e. The summed E-state index contributed by atoms with van der Waals surface area (Å²) in [6.07, 6.45) is 1.85. The summed E-state index contributed by atoms with van der Waals surface area (Å²) in [5.41, 5.74) is 0.401. The molecule has 1 saturated heterocycles. The van der Waals surface area contributed by atoms with E-state index in [0.717, 1.165) is 19.4 Å². The molecule has 1 unspecified atom stereocenters. The molecule has 16 heavy (non-hydrogen) atoms. The van der Waals surface area contributed by atoms with Gasteiger partial charge in [-0.25, -0.2) is 4.39 Å². The number of hydrogen-bond donors (Lipinski definition) is 1. The minimum absolute atomic E-state index is 0.0123. The molecule has 1 aromatic rings. The van der Waals surface area contributed by atoms with Gasteiger partial charge in [0.2, 0.25) is 5.82 Å². The van der Waals surface area contributed by atoms with E-state index in [-0.39, 0.29) is 11.8 Å². The molecular weight excluding hydrogens is 212 g/mol. The van der Waals surface area contributed by atoms with Gasteiger partial charge in [-0.15, -0.1) is 0 Å².